The molecule has 1 heterocycles. The van der Waals surface area contributed by atoms with Gasteiger partial charge in [0.25, 0.3) is 0 Å². The summed E-state index contributed by atoms with van der Waals surface area (Å²) in [6.07, 6.45) is 5.46. The lowest BCUT2D eigenvalue weighted by molar-refractivity contribution is -0.124. The molecule has 0 N–H and O–H groups in total. The van der Waals surface area contributed by atoms with Crippen LogP contribution in [-0.2, 0) is 9.59 Å². The fourth-order valence-corrected chi connectivity index (χ4v) is 5.92. The largest absolute Gasteiger partial charge is 0.423 e. The van der Waals surface area contributed by atoms with Gasteiger partial charge in [0, 0.05) is 5.02 Å². The molecule has 6 atom stereocenters. The lowest BCUT2D eigenvalue weighted by Gasteiger charge is -2.37. The molecule has 6 heteroatoms. The molecule has 2 saturated carbocycles. The van der Waals surface area contributed by atoms with E-state index < -0.39 is 5.97 Å². The number of halogens is 1. The third-order valence-corrected chi connectivity index (χ3v) is 7.79. The minimum atomic E-state index is -0.511. The minimum absolute atomic E-state index is 0.105. The third-order valence-electron chi connectivity index (χ3n) is 7.36. The number of ether oxygens (including phenoxy) is 1. The first kappa shape index (κ1) is 18.8. The van der Waals surface area contributed by atoms with Crippen LogP contribution in [0.5, 0.6) is 5.75 Å². The molecule has 2 aromatic carbocycles. The van der Waals surface area contributed by atoms with Crippen LogP contribution >= 0.6 is 11.6 Å². The van der Waals surface area contributed by atoms with E-state index in [4.69, 9.17) is 16.3 Å². The Morgan fingerprint density at radius 2 is 1.58 bits per heavy atom. The van der Waals surface area contributed by atoms with Crippen molar-refractivity contribution in [3.63, 3.8) is 0 Å². The van der Waals surface area contributed by atoms with E-state index >= 15 is 0 Å². The molecular formula is C25H20ClNO4. The average molecular weight is 434 g/mol. The number of nitrogens with zero attached hydrogens (tertiary/aromatic N) is 1. The summed E-state index contributed by atoms with van der Waals surface area (Å²) in [4.78, 5) is 40.2. The van der Waals surface area contributed by atoms with Crippen molar-refractivity contribution in [2.24, 2.45) is 35.5 Å². The Morgan fingerprint density at radius 3 is 2.16 bits per heavy atom. The SMILES string of the molecule is Cc1cc(OC(=O)c2ccc(N3C(=O)[C@@H]4[C@H]5C=C[C@@H]([C@@H]6C[C@@H]56)[C@@H]4C3=O)cc2)ccc1Cl. The Hall–Kier alpha value is -2.92. The van der Waals surface area contributed by atoms with Crippen molar-refractivity contribution in [2.75, 3.05) is 4.90 Å². The number of rotatable bonds is 3. The number of allylic oxidation sites excluding steroid dienone is 2. The zero-order chi connectivity index (χ0) is 21.4. The second-order valence-electron chi connectivity index (χ2n) is 9.01. The predicted octanol–water partition coefficient (Wildman–Crippen LogP) is 4.43. The normalized spacial score (nSPS) is 32.1. The Morgan fingerprint density at radius 1 is 0.968 bits per heavy atom. The molecule has 31 heavy (non-hydrogen) atoms. The first-order valence-electron chi connectivity index (χ1n) is 10.6. The highest BCUT2D eigenvalue weighted by atomic mass is 35.5. The number of carbonyl (C=O) groups is 3. The molecule has 0 unspecified atom stereocenters. The molecule has 2 bridgehead atoms. The molecule has 2 aromatic rings. The number of anilines is 1. The maximum atomic E-state index is 13.2. The summed E-state index contributed by atoms with van der Waals surface area (Å²) in [5, 5.41) is 0.602. The first-order valence-corrected chi connectivity index (χ1v) is 11.0. The van der Waals surface area contributed by atoms with Crippen LogP contribution in [0.2, 0.25) is 5.02 Å². The van der Waals surface area contributed by atoms with Crippen LogP contribution in [0.25, 0.3) is 0 Å². The molecule has 1 saturated heterocycles. The van der Waals surface area contributed by atoms with Crippen molar-refractivity contribution in [1.29, 1.82) is 0 Å². The van der Waals surface area contributed by atoms with Crippen LogP contribution in [0.3, 0.4) is 0 Å². The van der Waals surface area contributed by atoms with Gasteiger partial charge in [-0.05, 0) is 85.0 Å². The van der Waals surface area contributed by atoms with Crippen molar-refractivity contribution >= 4 is 35.1 Å². The fourth-order valence-electron chi connectivity index (χ4n) is 5.80. The topological polar surface area (TPSA) is 63.7 Å². The van der Waals surface area contributed by atoms with Gasteiger partial charge in [-0.1, -0.05) is 23.8 Å². The second kappa shape index (κ2) is 6.54. The average Bonchev–Trinajstić information content (AvgIpc) is 3.54. The van der Waals surface area contributed by atoms with Crippen molar-refractivity contribution in [1.82, 2.24) is 0 Å². The summed E-state index contributed by atoms with van der Waals surface area (Å²) in [6, 6.07) is 11.5. The molecule has 5 aliphatic rings. The van der Waals surface area contributed by atoms with E-state index in [1.165, 1.54) is 4.90 Å². The monoisotopic (exact) mass is 433 g/mol. The number of carbonyl (C=O) groups excluding carboxylic acids is 3. The predicted molar refractivity (Wildman–Crippen MR) is 115 cm³/mol. The van der Waals surface area contributed by atoms with Gasteiger partial charge in [-0.25, -0.2) is 4.79 Å². The maximum Gasteiger partial charge on any atom is 0.343 e. The number of amides is 2. The molecule has 3 fully saturated rings. The van der Waals surface area contributed by atoms with E-state index in [2.05, 4.69) is 12.2 Å². The quantitative estimate of drug-likeness (QED) is 0.311. The van der Waals surface area contributed by atoms with Crippen molar-refractivity contribution in [2.45, 2.75) is 13.3 Å². The van der Waals surface area contributed by atoms with Crippen molar-refractivity contribution < 1.29 is 19.1 Å². The van der Waals surface area contributed by atoms with E-state index in [1.807, 2.05) is 6.92 Å². The maximum absolute atomic E-state index is 13.2. The van der Waals surface area contributed by atoms with Crippen LogP contribution in [0.15, 0.2) is 54.6 Å². The number of imide groups is 1. The number of esters is 1. The Kier molecular flexibility index (Phi) is 3.97. The summed E-state index contributed by atoms with van der Waals surface area (Å²) >= 11 is 6.01. The standard InChI is InChI=1S/C25H20ClNO4/c1-12-10-15(6-9-20(12)26)31-25(30)13-2-4-14(5-3-13)27-23(28)21-16-7-8-17(19-11-18(16)19)22(21)24(27)29/h2-10,16-19,21-22H,11H2,1H3/t16-,17-,18-,19-,21-,22+/m0/s1. The number of hydrogen-bond acceptors (Lipinski definition) is 4. The van der Waals surface area contributed by atoms with Crippen LogP contribution < -0.4 is 9.64 Å². The van der Waals surface area contributed by atoms with E-state index in [0.717, 1.165) is 12.0 Å². The zero-order valence-electron chi connectivity index (χ0n) is 16.8. The highest BCUT2D eigenvalue weighted by molar-refractivity contribution is 6.31. The minimum Gasteiger partial charge on any atom is -0.423 e. The summed E-state index contributed by atoms with van der Waals surface area (Å²) in [5.41, 5.74) is 1.67. The molecule has 5 nitrogen and oxygen atoms in total. The van der Waals surface area contributed by atoms with Gasteiger partial charge in [-0.15, -0.1) is 0 Å². The van der Waals surface area contributed by atoms with Crippen molar-refractivity contribution in [3.8, 4) is 5.75 Å². The van der Waals surface area contributed by atoms with Gasteiger partial charge in [0.2, 0.25) is 11.8 Å². The lowest BCUT2D eigenvalue weighted by atomic mass is 9.63. The first-order chi connectivity index (χ1) is 14.9. The second-order valence-corrected chi connectivity index (χ2v) is 9.42. The van der Waals surface area contributed by atoms with E-state index in [-0.39, 0.29) is 35.5 Å². The molecule has 4 aliphatic carbocycles. The molecule has 1 aliphatic heterocycles. The number of hydrogen-bond donors (Lipinski definition) is 0. The highest BCUT2D eigenvalue weighted by Gasteiger charge is 2.67. The van der Waals surface area contributed by atoms with E-state index in [1.54, 1.807) is 42.5 Å². The summed E-state index contributed by atoms with van der Waals surface area (Å²) in [7, 11) is 0. The molecule has 0 radical (unpaired) electrons. The Bertz CT molecular complexity index is 1130. The van der Waals surface area contributed by atoms with Crippen LogP contribution in [0.1, 0.15) is 22.3 Å². The lowest BCUT2D eigenvalue weighted by Crippen LogP contribution is -2.40. The van der Waals surface area contributed by atoms with Gasteiger partial charge in [-0.3, -0.25) is 14.5 Å². The van der Waals surface area contributed by atoms with Gasteiger partial charge in [0.05, 0.1) is 23.1 Å². The van der Waals surface area contributed by atoms with Gasteiger partial charge < -0.3 is 4.74 Å². The molecule has 0 aromatic heterocycles. The van der Waals surface area contributed by atoms with E-state index in [0.29, 0.717) is 33.9 Å². The summed E-state index contributed by atoms with van der Waals surface area (Å²) in [5.74, 6) is 0.751. The molecular weight excluding hydrogens is 414 g/mol. The van der Waals surface area contributed by atoms with Crippen molar-refractivity contribution in [3.05, 3.63) is 70.8 Å². The molecule has 0 spiro atoms. The van der Waals surface area contributed by atoms with Crippen LogP contribution in [0.4, 0.5) is 5.69 Å². The Balaban J connectivity index is 1.22. The molecule has 7 rings (SSSR count). The van der Waals surface area contributed by atoms with Gasteiger partial charge in [0.1, 0.15) is 5.75 Å². The van der Waals surface area contributed by atoms with E-state index in [9.17, 15) is 14.4 Å². The fraction of sp³-hybridized carbons (Fsp3) is 0.320. The summed E-state index contributed by atoms with van der Waals surface area (Å²) in [6.45, 7) is 1.83. The number of benzene rings is 2. The number of aryl methyl sites for hydroxylation is 1. The smallest absolute Gasteiger partial charge is 0.343 e. The zero-order valence-corrected chi connectivity index (χ0v) is 17.6. The summed E-state index contributed by atoms with van der Waals surface area (Å²) < 4.78 is 5.42. The van der Waals surface area contributed by atoms with Gasteiger partial charge in [0.15, 0.2) is 0 Å². The van der Waals surface area contributed by atoms with Gasteiger partial charge in [-0.2, -0.15) is 0 Å². The van der Waals surface area contributed by atoms with Crippen LogP contribution in [-0.4, -0.2) is 17.8 Å². The third kappa shape index (κ3) is 2.72. The Labute approximate surface area is 184 Å². The molecule has 156 valence electrons. The highest BCUT2D eigenvalue weighted by Crippen LogP contribution is 2.65. The van der Waals surface area contributed by atoms with Gasteiger partial charge >= 0.3 is 5.97 Å². The van der Waals surface area contributed by atoms with Crippen LogP contribution in [0, 0.1) is 42.4 Å². The molecule has 2 amide bonds.